The Kier molecular flexibility index (Phi) is 5.61. The van der Waals surface area contributed by atoms with Gasteiger partial charge in [-0.05, 0) is 73.4 Å². The first-order valence-corrected chi connectivity index (χ1v) is 10.5. The van der Waals surface area contributed by atoms with Crippen LogP contribution in [0.3, 0.4) is 0 Å². The van der Waals surface area contributed by atoms with Crippen LogP contribution in [0.2, 0.25) is 10.0 Å². The molecule has 0 aromatic heterocycles. The van der Waals surface area contributed by atoms with Crippen LogP contribution in [0.1, 0.15) is 22.3 Å². The Morgan fingerprint density at radius 1 is 0.806 bits per heavy atom. The van der Waals surface area contributed by atoms with E-state index in [-0.39, 0.29) is 5.70 Å². The van der Waals surface area contributed by atoms with E-state index < -0.39 is 11.8 Å². The van der Waals surface area contributed by atoms with Crippen molar-refractivity contribution in [3.63, 3.8) is 0 Å². The second-order valence-corrected chi connectivity index (χ2v) is 8.36. The summed E-state index contributed by atoms with van der Waals surface area (Å²) in [5, 5.41) is 4.19. The molecule has 1 aliphatic heterocycles. The number of carbonyl (C=O) groups excluding carboxylic acids is 2. The molecule has 6 heteroatoms. The number of rotatable bonds is 4. The maximum atomic E-state index is 13.5. The van der Waals surface area contributed by atoms with E-state index in [0.29, 0.717) is 32.6 Å². The molecule has 2 amide bonds. The van der Waals surface area contributed by atoms with Crippen LogP contribution in [0.5, 0.6) is 0 Å². The second-order valence-electron chi connectivity index (χ2n) is 7.51. The van der Waals surface area contributed by atoms with Crippen molar-refractivity contribution in [2.24, 2.45) is 0 Å². The van der Waals surface area contributed by atoms with Crippen LogP contribution < -0.4 is 10.2 Å². The van der Waals surface area contributed by atoms with Gasteiger partial charge < -0.3 is 5.32 Å². The fourth-order valence-corrected chi connectivity index (χ4v) is 3.90. The number of nitrogens with one attached hydrogen (secondary N) is 1. The lowest BCUT2D eigenvalue weighted by atomic mass is 9.99. The average Bonchev–Trinajstić information content (AvgIpc) is 2.97. The number of anilines is 2. The maximum absolute atomic E-state index is 13.5. The van der Waals surface area contributed by atoms with Crippen LogP contribution in [0, 0.1) is 20.8 Å². The van der Waals surface area contributed by atoms with Gasteiger partial charge in [-0.25, -0.2) is 4.90 Å². The predicted octanol–water partition coefficient (Wildman–Crippen LogP) is 6.32. The highest BCUT2D eigenvalue weighted by atomic mass is 35.5. The largest absolute Gasteiger partial charge is 0.350 e. The zero-order valence-corrected chi connectivity index (χ0v) is 18.8. The number of halogens is 2. The van der Waals surface area contributed by atoms with Crippen LogP contribution in [-0.4, -0.2) is 11.8 Å². The summed E-state index contributed by atoms with van der Waals surface area (Å²) in [7, 11) is 0. The van der Waals surface area contributed by atoms with Gasteiger partial charge in [0, 0.05) is 15.7 Å². The maximum Gasteiger partial charge on any atom is 0.282 e. The van der Waals surface area contributed by atoms with E-state index in [9.17, 15) is 9.59 Å². The average molecular weight is 451 g/mol. The number of hydrogen-bond acceptors (Lipinski definition) is 3. The van der Waals surface area contributed by atoms with Crippen molar-refractivity contribution in [1.82, 2.24) is 0 Å². The van der Waals surface area contributed by atoms with Gasteiger partial charge in [0.15, 0.2) is 0 Å². The van der Waals surface area contributed by atoms with Crippen molar-refractivity contribution < 1.29 is 9.59 Å². The van der Waals surface area contributed by atoms with E-state index in [2.05, 4.69) is 5.32 Å². The summed E-state index contributed by atoms with van der Waals surface area (Å²) in [5.74, 6) is -0.849. The van der Waals surface area contributed by atoms with E-state index in [1.165, 1.54) is 0 Å². The Morgan fingerprint density at radius 3 is 2.26 bits per heavy atom. The molecule has 0 bridgehead atoms. The Morgan fingerprint density at radius 2 is 1.55 bits per heavy atom. The van der Waals surface area contributed by atoms with Crippen molar-refractivity contribution in [2.75, 3.05) is 10.2 Å². The lowest BCUT2D eigenvalue weighted by Crippen LogP contribution is -2.32. The molecule has 4 rings (SSSR count). The molecule has 1 aliphatic rings. The molecule has 3 aromatic rings. The van der Waals surface area contributed by atoms with Gasteiger partial charge in [0.05, 0.1) is 11.3 Å². The zero-order chi connectivity index (χ0) is 22.3. The smallest absolute Gasteiger partial charge is 0.282 e. The molecular formula is C25H20Cl2N2O2. The van der Waals surface area contributed by atoms with E-state index in [1.807, 2.05) is 45.0 Å². The van der Waals surface area contributed by atoms with E-state index in [1.54, 1.807) is 36.4 Å². The molecule has 156 valence electrons. The third-order valence-electron chi connectivity index (χ3n) is 5.47. The van der Waals surface area contributed by atoms with Crippen molar-refractivity contribution in [3.8, 4) is 0 Å². The van der Waals surface area contributed by atoms with Crippen LogP contribution >= 0.6 is 23.2 Å². The Balaban J connectivity index is 1.88. The van der Waals surface area contributed by atoms with Crippen LogP contribution in [0.4, 0.5) is 11.4 Å². The third kappa shape index (κ3) is 3.85. The Bertz CT molecular complexity index is 1260. The predicted molar refractivity (Wildman–Crippen MR) is 127 cm³/mol. The van der Waals surface area contributed by atoms with E-state index >= 15 is 0 Å². The summed E-state index contributed by atoms with van der Waals surface area (Å²) in [4.78, 5) is 28.1. The van der Waals surface area contributed by atoms with Gasteiger partial charge in [-0.2, -0.15) is 0 Å². The van der Waals surface area contributed by atoms with Gasteiger partial charge >= 0.3 is 0 Å². The Hall–Kier alpha value is -3.08. The molecule has 0 spiro atoms. The molecule has 0 saturated heterocycles. The minimum Gasteiger partial charge on any atom is -0.350 e. The number of hydrogen-bond donors (Lipinski definition) is 1. The molecule has 31 heavy (non-hydrogen) atoms. The minimum absolute atomic E-state index is 0.207. The molecule has 0 radical (unpaired) electrons. The van der Waals surface area contributed by atoms with Crippen molar-refractivity contribution in [1.29, 1.82) is 0 Å². The minimum atomic E-state index is -0.445. The highest BCUT2D eigenvalue weighted by molar-refractivity contribution is 6.46. The fraction of sp³-hybridized carbons (Fsp3) is 0.120. The number of imide groups is 1. The van der Waals surface area contributed by atoms with Crippen molar-refractivity contribution >= 4 is 52.0 Å². The number of amides is 2. The summed E-state index contributed by atoms with van der Waals surface area (Å²) < 4.78 is 0. The van der Waals surface area contributed by atoms with Crippen LogP contribution in [-0.2, 0) is 9.59 Å². The van der Waals surface area contributed by atoms with Crippen molar-refractivity contribution in [2.45, 2.75) is 20.8 Å². The van der Waals surface area contributed by atoms with E-state index in [4.69, 9.17) is 23.2 Å². The van der Waals surface area contributed by atoms with Crippen LogP contribution in [0.25, 0.3) is 5.57 Å². The van der Waals surface area contributed by atoms with Gasteiger partial charge in [-0.15, -0.1) is 0 Å². The zero-order valence-electron chi connectivity index (χ0n) is 17.3. The van der Waals surface area contributed by atoms with Crippen LogP contribution in [0.15, 0.2) is 66.4 Å². The van der Waals surface area contributed by atoms with Gasteiger partial charge in [0.25, 0.3) is 11.8 Å². The normalized spacial score (nSPS) is 13.9. The number of carbonyl (C=O) groups is 2. The standard InChI is InChI=1S/C25H20Cl2N2O2/c1-14-10-11-17(12-15(14)2)22-23(28-21-9-5-8-20(27)16(21)3)25(31)29(24(22)30)19-7-4-6-18(26)13-19/h4-13,28H,1-3H3. The lowest BCUT2D eigenvalue weighted by molar-refractivity contribution is -0.120. The molecule has 1 N–H and O–H groups in total. The highest BCUT2D eigenvalue weighted by Crippen LogP contribution is 2.36. The summed E-state index contributed by atoms with van der Waals surface area (Å²) in [6.07, 6.45) is 0. The highest BCUT2D eigenvalue weighted by Gasteiger charge is 2.40. The van der Waals surface area contributed by atoms with Gasteiger partial charge in [-0.1, -0.05) is 53.5 Å². The molecule has 4 nitrogen and oxygen atoms in total. The molecule has 3 aromatic carbocycles. The fourth-order valence-electron chi connectivity index (χ4n) is 3.54. The number of nitrogens with zero attached hydrogens (tertiary/aromatic N) is 1. The lowest BCUT2D eigenvalue weighted by Gasteiger charge is -2.16. The van der Waals surface area contributed by atoms with Crippen molar-refractivity contribution in [3.05, 3.63) is 98.7 Å². The first-order chi connectivity index (χ1) is 14.8. The monoisotopic (exact) mass is 450 g/mol. The SMILES string of the molecule is Cc1ccc(C2=C(Nc3cccc(Cl)c3C)C(=O)N(c3cccc(Cl)c3)C2=O)cc1C. The number of aryl methyl sites for hydroxylation is 2. The Labute approximate surface area is 191 Å². The first-order valence-electron chi connectivity index (χ1n) is 9.76. The molecule has 0 fully saturated rings. The molecular weight excluding hydrogens is 431 g/mol. The molecule has 1 heterocycles. The summed E-state index contributed by atoms with van der Waals surface area (Å²) in [6.45, 7) is 5.84. The van der Waals surface area contributed by atoms with Gasteiger partial charge in [-0.3, -0.25) is 9.59 Å². The third-order valence-corrected chi connectivity index (χ3v) is 6.12. The summed E-state index contributed by atoms with van der Waals surface area (Å²) in [6, 6.07) is 17.8. The quantitative estimate of drug-likeness (QED) is 0.473. The molecule has 0 aliphatic carbocycles. The first kappa shape index (κ1) is 21.2. The second kappa shape index (κ2) is 8.22. The molecule has 0 atom stereocenters. The molecule has 0 unspecified atom stereocenters. The number of benzene rings is 3. The van der Waals surface area contributed by atoms with Gasteiger partial charge in [0.1, 0.15) is 5.70 Å². The molecule has 0 saturated carbocycles. The van der Waals surface area contributed by atoms with E-state index in [0.717, 1.165) is 21.6 Å². The summed E-state index contributed by atoms with van der Waals surface area (Å²) >= 11 is 12.4. The summed E-state index contributed by atoms with van der Waals surface area (Å²) in [5.41, 5.74) is 5.20. The topological polar surface area (TPSA) is 49.4 Å². The van der Waals surface area contributed by atoms with Gasteiger partial charge in [0.2, 0.25) is 0 Å².